The van der Waals surface area contributed by atoms with Gasteiger partial charge in [-0.2, -0.15) is 0 Å². The van der Waals surface area contributed by atoms with Crippen molar-refractivity contribution < 1.29 is 14.3 Å². The van der Waals surface area contributed by atoms with E-state index in [9.17, 15) is 9.59 Å². The smallest absolute Gasteiger partial charge is 0.251 e. The zero-order valence-corrected chi connectivity index (χ0v) is 16.4. The fraction of sp³-hybridized carbons (Fsp3) is 0.333. The largest absolute Gasteiger partial charge is 0.494 e. The number of hydrogen-bond acceptors (Lipinski definition) is 3. The van der Waals surface area contributed by atoms with Crippen molar-refractivity contribution in [3.05, 3.63) is 64.7 Å². The van der Waals surface area contributed by atoms with Gasteiger partial charge in [0.15, 0.2) is 0 Å². The first-order valence-corrected chi connectivity index (χ1v) is 9.44. The molecule has 0 aliphatic rings. The lowest BCUT2D eigenvalue weighted by molar-refractivity contribution is -0.120. The highest BCUT2D eigenvalue weighted by atomic mass is 35.5. The zero-order valence-electron chi connectivity index (χ0n) is 15.6. The summed E-state index contributed by atoms with van der Waals surface area (Å²) in [6, 6.07) is 14.0. The van der Waals surface area contributed by atoms with Gasteiger partial charge in [0, 0.05) is 10.6 Å². The van der Waals surface area contributed by atoms with Crippen molar-refractivity contribution in [3.8, 4) is 5.75 Å². The number of nitrogens with one attached hydrogen (secondary N) is 2. The molecule has 1 atom stereocenters. The van der Waals surface area contributed by atoms with Crippen LogP contribution in [0.4, 0.5) is 0 Å². The molecule has 144 valence electrons. The van der Waals surface area contributed by atoms with Gasteiger partial charge in [0.2, 0.25) is 5.91 Å². The van der Waals surface area contributed by atoms with Crippen LogP contribution in [0.3, 0.4) is 0 Å². The van der Waals surface area contributed by atoms with Crippen molar-refractivity contribution in [1.29, 1.82) is 0 Å². The molecule has 0 fully saturated rings. The fourth-order valence-electron chi connectivity index (χ4n) is 2.50. The lowest BCUT2D eigenvalue weighted by Gasteiger charge is -2.16. The predicted octanol–water partition coefficient (Wildman–Crippen LogP) is 4.13. The molecular weight excluding hydrogens is 364 g/mol. The van der Waals surface area contributed by atoms with E-state index in [4.69, 9.17) is 16.3 Å². The maximum Gasteiger partial charge on any atom is 0.251 e. The minimum Gasteiger partial charge on any atom is -0.494 e. The summed E-state index contributed by atoms with van der Waals surface area (Å²) in [7, 11) is 0. The molecule has 2 N–H and O–H groups in total. The lowest BCUT2D eigenvalue weighted by Crippen LogP contribution is -2.38. The van der Waals surface area contributed by atoms with Gasteiger partial charge in [-0.1, -0.05) is 43.1 Å². The first-order valence-electron chi connectivity index (χ1n) is 9.06. The van der Waals surface area contributed by atoms with Crippen LogP contribution in [0.1, 0.15) is 48.7 Å². The summed E-state index contributed by atoms with van der Waals surface area (Å²) in [5.74, 6) is 0.136. The average molecular weight is 389 g/mol. The second-order valence-corrected chi connectivity index (χ2v) is 6.63. The Bertz CT molecular complexity index is 762. The van der Waals surface area contributed by atoms with Crippen molar-refractivity contribution in [3.63, 3.8) is 0 Å². The van der Waals surface area contributed by atoms with Crippen LogP contribution in [0.5, 0.6) is 5.75 Å². The van der Waals surface area contributed by atoms with E-state index in [1.807, 2.05) is 25.1 Å². The van der Waals surface area contributed by atoms with Gasteiger partial charge in [0.05, 0.1) is 19.2 Å². The zero-order chi connectivity index (χ0) is 19.6. The molecule has 2 amide bonds. The predicted molar refractivity (Wildman–Crippen MR) is 107 cm³/mol. The van der Waals surface area contributed by atoms with Gasteiger partial charge in [-0.3, -0.25) is 9.59 Å². The fourth-order valence-corrected chi connectivity index (χ4v) is 2.80. The third-order valence-corrected chi connectivity index (χ3v) is 4.39. The summed E-state index contributed by atoms with van der Waals surface area (Å²) >= 11 is 6.13. The topological polar surface area (TPSA) is 67.4 Å². The molecule has 0 radical (unpaired) electrons. The molecule has 5 nitrogen and oxygen atoms in total. The first-order chi connectivity index (χ1) is 13.0. The van der Waals surface area contributed by atoms with Crippen molar-refractivity contribution in [2.75, 3.05) is 13.2 Å². The van der Waals surface area contributed by atoms with Gasteiger partial charge in [0.25, 0.3) is 5.91 Å². The molecule has 0 heterocycles. The van der Waals surface area contributed by atoms with Crippen LogP contribution in [0.25, 0.3) is 0 Å². The highest BCUT2D eigenvalue weighted by molar-refractivity contribution is 6.31. The van der Waals surface area contributed by atoms with Crippen molar-refractivity contribution in [2.24, 2.45) is 0 Å². The molecule has 0 aromatic heterocycles. The molecule has 0 aliphatic carbocycles. The van der Waals surface area contributed by atoms with Crippen LogP contribution in [0, 0.1) is 0 Å². The van der Waals surface area contributed by atoms with E-state index in [0.29, 0.717) is 17.2 Å². The number of ether oxygens (including phenoxy) is 1. The Kier molecular flexibility index (Phi) is 8.14. The van der Waals surface area contributed by atoms with E-state index >= 15 is 0 Å². The first kappa shape index (κ1) is 20.8. The van der Waals surface area contributed by atoms with E-state index < -0.39 is 0 Å². The van der Waals surface area contributed by atoms with Crippen LogP contribution >= 0.6 is 11.6 Å². The minimum atomic E-state index is -0.310. The number of amides is 2. The molecule has 2 aromatic carbocycles. The van der Waals surface area contributed by atoms with Gasteiger partial charge in [-0.05, 0) is 49.2 Å². The second kappa shape index (κ2) is 10.6. The van der Waals surface area contributed by atoms with Crippen molar-refractivity contribution in [2.45, 2.75) is 32.7 Å². The molecular formula is C21H25ClN2O3. The van der Waals surface area contributed by atoms with E-state index in [-0.39, 0.29) is 24.4 Å². The molecule has 0 bridgehead atoms. The lowest BCUT2D eigenvalue weighted by atomic mass is 10.1. The molecule has 27 heavy (non-hydrogen) atoms. The van der Waals surface area contributed by atoms with Gasteiger partial charge < -0.3 is 15.4 Å². The minimum absolute atomic E-state index is 0.109. The normalized spacial score (nSPS) is 11.5. The molecule has 0 aliphatic heterocycles. The summed E-state index contributed by atoms with van der Waals surface area (Å²) in [6.45, 7) is 4.49. The van der Waals surface area contributed by atoms with Crippen LogP contribution in [-0.2, 0) is 4.79 Å². The maximum absolute atomic E-state index is 12.2. The highest BCUT2D eigenvalue weighted by Crippen LogP contribution is 2.21. The number of halogens is 1. The highest BCUT2D eigenvalue weighted by Gasteiger charge is 2.13. The quantitative estimate of drug-likeness (QED) is 0.635. The average Bonchev–Trinajstić information content (AvgIpc) is 2.67. The van der Waals surface area contributed by atoms with Gasteiger partial charge >= 0.3 is 0 Å². The Labute approximate surface area is 165 Å². The van der Waals surface area contributed by atoms with Crippen molar-refractivity contribution >= 4 is 23.4 Å². The summed E-state index contributed by atoms with van der Waals surface area (Å²) < 4.78 is 5.57. The van der Waals surface area contributed by atoms with Gasteiger partial charge in [-0.15, -0.1) is 0 Å². The Hall–Kier alpha value is -2.53. The van der Waals surface area contributed by atoms with Crippen LogP contribution in [0.15, 0.2) is 48.5 Å². The van der Waals surface area contributed by atoms with E-state index in [1.54, 1.807) is 30.3 Å². The van der Waals surface area contributed by atoms with Crippen LogP contribution in [0.2, 0.25) is 5.02 Å². The van der Waals surface area contributed by atoms with Crippen molar-refractivity contribution in [1.82, 2.24) is 10.6 Å². The number of carbonyl (C=O) groups excluding carboxylic acids is 2. The van der Waals surface area contributed by atoms with E-state index in [0.717, 1.165) is 24.2 Å². The molecule has 1 unspecified atom stereocenters. The Balaban J connectivity index is 1.80. The molecule has 2 aromatic rings. The Morgan fingerprint density at radius 3 is 2.48 bits per heavy atom. The summed E-state index contributed by atoms with van der Waals surface area (Å²) in [6.07, 6.45) is 2.06. The van der Waals surface area contributed by atoms with Gasteiger partial charge in [0.1, 0.15) is 5.75 Å². The molecule has 0 saturated heterocycles. The number of hydrogen-bond donors (Lipinski definition) is 2. The third kappa shape index (κ3) is 6.61. The monoisotopic (exact) mass is 388 g/mol. The second-order valence-electron chi connectivity index (χ2n) is 6.22. The standard InChI is InChI=1S/C21H25ClN2O3/c1-3-4-13-27-17-11-9-16(10-12-17)21(26)23-14-20(25)24-15(2)18-7-5-6-8-19(18)22/h5-12,15H,3-4,13-14H2,1-2H3,(H,23,26)(H,24,25). The number of unbranched alkanes of at least 4 members (excludes halogenated alkanes) is 1. The summed E-state index contributed by atoms with van der Waals surface area (Å²) in [4.78, 5) is 24.3. The number of rotatable bonds is 9. The third-order valence-electron chi connectivity index (χ3n) is 4.04. The molecule has 0 saturated carbocycles. The van der Waals surface area contributed by atoms with Crippen LogP contribution < -0.4 is 15.4 Å². The van der Waals surface area contributed by atoms with E-state index in [1.165, 1.54) is 0 Å². The Morgan fingerprint density at radius 2 is 1.81 bits per heavy atom. The SMILES string of the molecule is CCCCOc1ccc(C(=O)NCC(=O)NC(C)c2ccccc2Cl)cc1. The van der Waals surface area contributed by atoms with Gasteiger partial charge in [-0.25, -0.2) is 0 Å². The Morgan fingerprint density at radius 1 is 1.11 bits per heavy atom. The molecule has 2 rings (SSSR count). The summed E-state index contributed by atoms with van der Waals surface area (Å²) in [5, 5.41) is 6.03. The number of carbonyl (C=O) groups is 2. The van der Waals surface area contributed by atoms with Crippen LogP contribution in [-0.4, -0.2) is 25.0 Å². The molecule has 6 heteroatoms. The maximum atomic E-state index is 12.2. The number of benzene rings is 2. The summed E-state index contributed by atoms with van der Waals surface area (Å²) in [5.41, 5.74) is 1.31. The molecule has 0 spiro atoms. The van der Waals surface area contributed by atoms with E-state index in [2.05, 4.69) is 17.6 Å².